The van der Waals surface area contributed by atoms with Gasteiger partial charge >= 0.3 is 0 Å². The lowest BCUT2D eigenvalue weighted by Gasteiger charge is -2.22. The number of benzene rings is 2. The summed E-state index contributed by atoms with van der Waals surface area (Å²) in [6, 6.07) is 12.4. The molecule has 0 aliphatic carbocycles. The van der Waals surface area contributed by atoms with E-state index in [0.717, 1.165) is 0 Å². The number of fused-ring (bicyclic) bond motifs is 1. The number of hydrogen-bond donors (Lipinski definition) is 3. The van der Waals surface area contributed by atoms with Gasteiger partial charge < -0.3 is 10.1 Å². The molecule has 10 nitrogen and oxygen atoms in total. The Morgan fingerprint density at radius 3 is 2.29 bits per heavy atom. The molecule has 0 bridgehead atoms. The molecule has 0 saturated carbocycles. The molecule has 1 aromatic heterocycles. The topological polar surface area (TPSA) is 131 Å². The molecule has 0 saturated heterocycles. The Morgan fingerprint density at radius 2 is 1.63 bits per heavy atom. The third-order valence-electron chi connectivity index (χ3n) is 5.40. The van der Waals surface area contributed by atoms with Gasteiger partial charge in [0, 0.05) is 11.9 Å². The van der Waals surface area contributed by atoms with Crippen molar-refractivity contribution >= 4 is 28.5 Å². The van der Waals surface area contributed by atoms with Crippen molar-refractivity contribution in [3.05, 3.63) is 70.1 Å². The summed E-state index contributed by atoms with van der Waals surface area (Å²) in [5.74, 6) is -1.68. The van der Waals surface area contributed by atoms with Crippen molar-refractivity contribution in [3.63, 3.8) is 0 Å². The number of nitrogens with zero attached hydrogens (tertiary/aromatic N) is 2. The smallest absolute Gasteiger partial charge is 0.290 e. The maximum atomic E-state index is 12.9. The highest BCUT2D eigenvalue weighted by Crippen LogP contribution is 2.18. The molecule has 1 heterocycles. The van der Waals surface area contributed by atoms with E-state index in [9.17, 15) is 19.2 Å². The van der Waals surface area contributed by atoms with Crippen molar-refractivity contribution in [1.29, 1.82) is 0 Å². The first-order valence-corrected chi connectivity index (χ1v) is 11.3. The molecule has 0 radical (unpaired) electrons. The molecule has 0 fully saturated rings. The minimum Gasteiger partial charge on any atom is -0.496 e. The van der Waals surface area contributed by atoms with Crippen LogP contribution in [-0.4, -0.2) is 40.7 Å². The molecule has 184 valence electrons. The fourth-order valence-electron chi connectivity index (χ4n) is 3.61. The van der Waals surface area contributed by atoms with Crippen LogP contribution in [0.3, 0.4) is 0 Å². The summed E-state index contributed by atoms with van der Waals surface area (Å²) < 4.78 is 6.46. The lowest BCUT2D eigenvalue weighted by atomic mass is 10.0. The van der Waals surface area contributed by atoms with Crippen LogP contribution in [0.25, 0.3) is 10.8 Å². The summed E-state index contributed by atoms with van der Waals surface area (Å²) in [6.07, 6.45) is 0.658. The van der Waals surface area contributed by atoms with Gasteiger partial charge in [-0.2, -0.15) is 5.10 Å². The molecular formula is C25H29N5O5. The van der Waals surface area contributed by atoms with Crippen LogP contribution in [0.15, 0.2) is 53.3 Å². The van der Waals surface area contributed by atoms with E-state index < -0.39 is 23.8 Å². The maximum absolute atomic E-state index is 12.9. The summed E-state index contributed by atoms with van der Waals surface area (Å²) in [5.41, 5.74) is 4.73. The van der Waals surface area contributed by atoms with Gasteiger partial charge in [0.2, 0.25) is 0 Å². The number of hydrazine groups is 1. The molecule has 3 rings (SSSR count). The Kier molecular flexibility index (Phi) is 8.19. The van der Waals surface area contributed by atoms with E-state index in [1.165, 1.54) is 11.8 Å². The lowest BCUT2D eigenvalue weighted by molar-refractivity contribution is -0.124. The molecular weight excluding hydrogens is 450 g/mol. The Balaban J connectivity index is 1.78. The second-order valence-electron chi connectivity index (χ2n) is 8.26. The fraction of sp³-hybridized carbons (Fsp3) is 0.320. The van der Waals surface area contributed by atoms with E-state index in [1.807, 2.05) is 6.92 Å². The van der Waals surface area contributed by atoms with Crippen LogP contribution in [0, 0.1) is 5.92 Å². The highest BCUT2D eigenvalue weighted by atomic mass is 16.5. The normalized spacial score (nSPS) is 11.7. The molecule has 3 amide bonds. The zero-order chi connectivity index (χ0) is 25.5. The van der Waals surface area contributed by atoms with Gasteiger partial charge in [0.05, 0.1) is 18.1 Å². The van der Waals surface area contributed by atoms with Gasteiger partial charge in [-0.25, -0.2) is 4.68 Å². The fourth-order valence-corrected chi connectivity index (χ4v) is 3.61. The van der Waals surface area contributed by atoms with E-state index in [-0.39, 0.29) is 22.7 Å². The Morgan fingerprint density at radius 1 is 0.971 bits per heavy atom. The highest BCUT2D eigenvalue weighted by molar-refractivity contribution is 6.05. The number of nitrogens with one attached hydrogen (secondary N) is 3. The molecule has 0 unspecified atom stereocenters. The number of para-hydroxylation sites is 1. The molecule has 35 heavy (non-hydrogen) atoms. The van der Waals surface area contributed by atoms with Gasteiger partial charge in [0.15, 0.2) is 5.69 Å². The van der Waals surface area contributed by atoms with Crippen LogP contribution in [0.4, 0.5) is 0 Å². The molecule has 0 aliphatic rings. The molecule has 3 aromatic rings. The van der Waals surface area contributed by atoms with Crippen LogP contribution in [0.2, 0.25) is 0 Å². The number of carbonyl (C=O) groups excluding carboxylic acids is 3. The Bertz CT molecular complexity index is 1300. The van der Waals surface area contributed by atoms with E-state index >= 15 is 0 Å². The predicted octanol–water partition coefficient (Wildman–Crippen LogP) is 2.03. The van der Waals surface area contributed by atoms with Crippen molar-refractivity contribution in [2.75, 3.05) is 7.11 Å². The molecule has 10 heteroatoms. The van der Waals surface area contributed by atoms with Crippen LogP contribution in [-0.2, 0) is 11.3 Å². The van der Waals surface area contributed by atoms with Crippen molar-refractivity contribution in [1.82, 2.24) is 25.9 Å². The standard InChI is InChI=1S/C25H29N5O5/c1-5-14-30-25(34)17-11-7-6-10-16(17)21(29-30)24(33)28-27-23(32)20(15(2)3)26-22(31)18-12-8-9-13-19(18)35-4/h6-13,15,20H,5,14H2,1-4H3,(H,26,31)(H,27,32)(H,28,33)/t20-/m0/s1. The van der Waals surface area contributed by atoms with Gasteiger partial charge in [-0.15, -0.1) is 0 Å². The largest absolute Gasteiger partial charge is 0.496 e. The number of aromatic nitrogens is 2. The third kappa shape index (κ3) is 5.65. The summed E-state index contributed by atoms with van der Waals surface area (Å²) in [7, 11) is 1.45. The third-order valence-corrected chi connectivity index (χ3v) is 5.40. The van der Waals surface area contributed by atoms with Crippen LogP contribution in [0.1, 0.15) is 48.0 Å². The van der Waals surface area contributed by atoms with Gasteiger partial charge in [-0.1, -0.05) is 51.1 Å². The SMILES string of the molecule is CCCn1nc(C(=O)NNC(=O)[C@@H](NC(=O)c2ccccc2OC)C(C)C)c2ccccc2c1=O. The van der Waals surface area contributed by atoms with Gasteiger partial charge in [0.25, 0.3) is 23.3 Å². The minimum absolute atomic E-state index is 0.00750. The number of carbonyl (C=O) groups is 3. The monoisotopic (exact) mass is 479 g/mol. The molecule has 1 atom stereocenters. The van der Waals surface area contributed by atoms with Gasteiger partial charge in [-0.3, -0.25) is 30.0 Å². The van der Waals surface area contributed by atoms with Crippen molar-refractivity contribution in [2.24, 2.45) is 5.92 Å². The maximum Gasteiger partial charge on any atom is 0.290 e. The number of amides is 3. The second-order valence-corrected chi connectivity index (χ2v) is 8.26. The van der Waals surface area contributed by atoms with E-state index in [2.05, 4.69) is 21.3 Å². The average Bonchev–Trinajstić information content (AvgIpc) is 2.87. The number of ether oxygens (including phenoxy) is 1. The average molecular weight is 480 g/mol. The Labute approximate surface area is 202 Å². The molecule has 0 aliphatic heterocycles. The first kappa shape index (κ1) is 25.4. The number of aryl methyl sites for hydroxylation is 1. The summed E-state index contributed by atoms with van der Waals surface area (Å²) in [6.45, 7) is 5.78. The summed E-state index contributed by atoms with van der Waals surface area (Å²) in [5, 5.41) is 7.64. The second kappa shape index (κ2) is 11.3. The molecule has 2 aromatic carbocycles. The van der Waals surface area contributed by atoms with Crippen LogP contribution < -0.4 is 26.5 Å². The molecule has 3 N–H and O–H groups in total. The first-order chi connectivity index (χ1) is 16.8. The Hall–Kier alpha value is -4.21. The number of methoxy groups -OCH3 is 1. The highest BCUT2D eigenvalue weighted by Gasteiger charge is 2.27. The van der Waals surface area contributed by atoms with Crippen LogP contribution in [0.5, 0.6) is 5.75 Å². The minimum atomic E-state index is -0.938. The predicted molar refractivity (Wildman–Crippen MR) is 131 cm³/mol. The summed E-state index contributed by atoms with van der Waals surface area (Å²) >= 11 is 0. The van der Waals surface area contributed by atoms with E-state index in [1.54, 1.807) is 62.4 Å². The van der Waals surface area contributed by atoms with E-state index in [0.29, 0.717) is 29.5 Å². The van der Waals surface area contributed by atoms with Gasteiger partial charge in [-0.05, 0) is 30.5 Å². The van der Waals surface area contributed by atoms with E-state index in [4.69, 9.17) is 4.74 Å². The molecule has 0 spiro atoms. The summed E-state index contributed by atoms with van der Waals surface area (Å²) in [4.78, 5) is 51.2. The quantitative estimate of drug-likeness (QED) is 0.424. The van der Waals surface area contributed by atoms with Crippen molar-refractivity contribution in [3.8, 4) is 5.75 Å². The number of hydrogen-bond acceptors (Lipinski definition) is 6. The van der Waals surface area contributed by atoms with Gasteiger partial charge in [0.1, 0.15) is 11.8 Å². The van der Waals surface area contributed by atoms with Crippen LogP contribution >= 0.6 is 0 Å². The number of rotatable bonds is 8. The zero-order valence-electron chi connectivity index (χ0n) is 20.1. The van der Waals surface area contributed by atoms with Crippen molar-refractivity contribution in [2.45, 2.75) is 39.8 Å². The first-order valence-electron chi connectivity index (χ1n) is 11.3. The lowest BCUT2D eigenvalue weighted by Crippen LogP contribution is -2.54. The van der Waals surface area contributed by atoms with Crippen molar-refractivity contribution < 1.29 is 19.1 Å². The zero-order valence-corrected chi connectivity index (χ0v) is 20.1.